The lowest BCUT2D eigenvalue weighted by Crippen LogP contribution is -2.17. The van der Waals surface area contributed by atoms with Crippen molar-refractivity contribution >= 4 is 0 Å². The van der Waals surface area contributed by atoms with Crippen molar-refractivity contribution in [3.05, 3.63) is 29.3 Å². The topological polar surface area (TPSA) is 35.2 Å². The minimum Gasteiger partial charge on any atom is -0.493 e. The maximum Gasteiger partial charge on any atom is 0.122 e. The van der Waals surface area contributed by atoms with Gasteiger partial charge in [-0.25, -0.2) is 0 Å². The van der Waals surface area contributed by atoms with Gasteiger partial charge in [0.15, 0.2) is 0 Å². The molecular formula is C13H19NO. The van der Waals surface area contributed by atoms with Crippen molar-refractivity contribution in [3.8, 4) is 5.75 Å². The van der Waals surface area contributed by atoms with Crippen LogP contribution < -0.4 is 10.5 Å². The number of hydrogen-bond acceptors (Lipinski definition) is 2. The summed E-state index contributed by atoms with van der Waals surface area (Å²) in [5, 5.41) is 0. The lowest BCUT2D eigenvalue weighted by molar-refractivity contribution is 0.357. The van der Waals surface area contributed by atoms with Crippen molar-refractivity contribution in [2.24, 2.45) is 5.73 Å². The molecule has 2 atom stereocenters. The molecule has 82 valence electrons. The van der Waals surface area contributed by atoms with Crippen LogP contribution in [-0.2, 0) is 6.42 Å². The first-order chi connectivity index (χ1) is 7.16. The van der Waals surface area contributed by atoms with Gasteiger partial charge in [-0.3, -0.25) is 0 Å². The highest BCUT2D eigenvalue weighted by Gasteiger charge is 2.15. The Labute approximate surface area is 91.4 Å². The van der Waals surface area contributed by atoms with Crippen LogP contribution in [-0.4, -0.2) is 12.6 Å². The summed E-state index contributed by atoms with van der Waals surface area (Å²) < 4.78 is 5.49. The fraction of sp³-hybridized carbons (Fsp3) is 0.538. The molecule has 2 heteroatoms. The van der Waals surface area contributed by atoms with Crippen LogP contribution >= 0.6 is 0 Å². The first-order valence-electron chi connectivity index (χ1n) is 5.68. The van der Waals surface area contributed by atoms with Crippen molar-refractivity contribution < 1.29 is 4.74 Å². The molecule has 0 radical (unpaired) electrons. The molecular weight excluding hydrogens is 186 g/mol. The molecule has 0 saturated heterocycles. The fourth-order valence-corrected chi connectivity index (χ4v) is 2.21. The van der Waals surface area contributed by atoms with Gasteiger partial charge < -0.3 is 10.5 Å². The molecule has 0 spiro atoms. The number of ether oxygens (including phenoxy) is 1. The van der Waals surface area contributed by atoms with Crippen molar-refractivity contribution in [3.63, 3.8) is 0 Å². The van der Waals surface area contributed by atoms with Crippen LogP contribution in [0.2, 0.25) is 0 Å². The van der Waals surface area contributed by atoms with Crippen LogP contribution in [0.5, 0.6) is 5.75 Å². The standard InChI is InChI=1S/C13H19NO/c1-9(7-10(2)14)11-3-4-13-12(8-11)5-6-15-13/h3-4,8-10H,5-7,14H2,1-2H3. The third-order valence-electron chi connectivity index (χ3n) is 3.01. The Morgan fingerprint density at radius 1 is 1.40 bits per heavy atom. The average molecular weight is 205 g/mol. The lowest BCUT2D eigenvalue weighted by atomic mass is 9.93. The van der Waals surface area contributed by atoms with Crippen LogP contribution in [0.4, 0.5) is 0 Å². The van der Waals surface area contributed by atoms with Crippen molar-refractivity contribution in [2.45, 2.75) is 38.6 Å². The zero-order valence-electron chi connectivity index (χ0n) is 9.49. The highest BCUT2D eigenvalue weighted by molar-refractivity contribution is 5.40. The minimum absolute atomic E-state index is 0.268. The Hall–Kier alpha value is -1.02. The quantitative estimate of drug-likeness (QED) is 0.822. The minimum atomic E-state index is 0.268. The maximum atomic E-state index is 5.82. The average Bonchev–Trinajstić information content (AvgIpc) is 2.62. The smallest absolute Gasteiger partial charge is 0.122 e. The molecule has 2 unspecified atom stereocenters. The monoisotopic (exact) mass is 205 g/mol. The van der Waals surface area contributed by atoms with E-state index in [0.29, 0.717) is 5.92 Å². The Balaban J connectivity index is 2.15. The molecule has 1 heterocycles. The van der Waals surface area contributed by atoms with Gasteiger partial charge in [0.1, 0.15) is 5.75 Å². The zero-order chi connectivity index (χ0) is 10.8. The molecule has 2 N–H and O–H groups in total. The first-order valence-corrected chi connectivity index (χ1v) is 5.68. The Morgan fingerprint density at radius 2 is 2.20 bits per heavy atom. The summed E-state index contributed by atoms with van der Waals surface area (Å²) in [6, 6.07) is 6.80. The third kappa shape index (κ3) is 2.32. The molecule has 1 aliphatic heterocycles. The van der Waals surface area contributed by atoms with Crippen LogP contribution in [0.3, 0.4) is 0 Å². The second kappa shape index (κ2) is 4.23. The predicted octanol–water partition coefficient (Wildman–Crippen LogP) is 2.46. The van der Waals surface area contributed by atoms with E-state index in [1.807, 2.05) is 0 Å². The fourth-order valence-electron chi connectivity index (χ4n) is 2.21. The number of rotatable bonds is 3. The summed E-state index contributed by atoms with van der Waals surface area (Å²) >= 11 is 0. The molecule has 0 amide bonds. The van der Waals surface area contributed by atoms with Crippen LogP contribution in [0, 0.1) is 0 Å². The SMILES string of the molecule is CC(N)CC(C)c1ccc2c(c1)CCO2. The largest absolute Gasteiger partial charge is 0.493 e. The number of hydrogen-bond donors (Lipinski definition) is 1. The van der Waals surface area contributed by atoms with Gasteiger partial charge in [0, 0.05) is 12.5 Å². The van der Waals surface area contributed by atoms with E-state index in [2.05, 4.69) is 32.0 Å². The van der Waals surface area contributed by atoms with E-state index in [0.717, 1.165) is 25.2 Å². The van der Waals surface area contributed by atoms with E-state index in [-0.39, 0.29) is 6.04 Å². The van der Waals surface area contributed by atoms with Crippen LogP contribution in [0.1, 0.15) is 37.3 Å². The molecule has 0 saturated carbocycles. The maximum absolute atomic E-state index is 5.82. The highest BCUT2D eigenvalue weighted by atomic mass is 16.5. The molecule has 1 aromatic carbocycles. The Morgan fingerprint density at radius 3 is 2.93 bits per heavy atom. The highest BCUT2D eigenvalue weighted by Crippen LogP contribution is 2.30. The third-order valence-corrected chi connectivity index (χ3v) is 3.01. The van der Waals surface area contributed by atoms with Gasteiger partial charge in [-0.15, -0.1) is 0 Å². The summed E-state index contributed by atoms with van der Waals surface area (Å²) in [6.07, 6.45) is 2.09. The van der Waals surface area contributed by atoms with Gasteiger partial charge in [0.25, 0.3) is 0 Å². The van der Waals surface area contributed by atoms with Crippen LogP contribution in [0.25, 0.3) is 0 Å². The molecule has 0 aromatic heterocycles. The summed E-state index contributed by atoms with van der Waals surface area (Å²) in [6.45, 7) is 5.13. The molecule has 15 heavy (non-hydrogen) atoms. The number of nitrogens with two attached hydrogens (primary N) is 1. The van der Waals surface area contributed by atoms with E-state index in [1.165, 1.54) is 11.1 Å². The van der Waals surface area contributed by atoms with E-state index in [9.17, 15) is 0 Å². The first kappa shape index (κ1) is 10.5. The summed E-state index contributed by atoms with van der Waals surface area (Å²) in [5.74, 6) is 1.60. The van der Waals surface area contributed by atoms with E-state index < -0.39 is 0 Å². The van der Waals surface area contributed by atoms with Gasteiger partial charge in [-0.05, 0) is 36.5 Å². The summed E-state index contributed by atoms with van der Waals surface area (Å²) in [4.78, 5) is 0. The summed E-state index contributed by atoms with van der Waals surface area (Å²) in [7, 11) is 0. The molecule has 2 rings (SSSR count). The predicted molar refractivity (Wildman–Crippen MR) is 62.3 cm³/mol. The Bertz CT molecular complexity index is 346. The van der Waals surface area contributed by atoms with E-state index >= 15 is 0 Å². The molecule has 0 aliphatic carbocycles. The normalized spacial score (nSPS) is 18.1. The molecule has 0 bridgehead atoms. The zero-order valence-corrected chi connectivity index (χ0v) is 9.49. The van der Waals surface area contributed by atoms with Crippen molar-refractivity contribution in [1.29, 1.82) is 0 Å². The molecule has 2 nitrogen and oxygen atoms in total. The van der Waals surface area contributed by atoms with Gasteiger partial charge in [-0.2, -0.15) is 0 Å². The second-order valence-electron chi connectivity index (χ2n) is 4.58. The molecule has 1 aromatic rings. The molecule has 1 aliphatic rings. The van der Waals surface area contributed by atoms with Gasteiger partial charge in [0.05, 0.1) is 6.61 Å². The molecule has 0 fully saturated rings. The lowest BCUT2D eigenvalue weighted by Gasteiger charge is -2.15. The van der Waals surface area contributed by atoms with Gasteiger partial charge in [0.2, 0.25) is 0 Å². The van der Waals surface area contributed by atoms with Crippen molar-refractivity contribution in [2.75, 3.05) is 6.61 Å². The van der Waals surface area contributed by atoms with Gasteiger partial charge in [-0.1, -0.05) is 19.1 Å². The Kier molecular flexibility index (Phi) is 2.96. The van der Waals surface area contributed by atoms with Gasteiger partial charge >= 0.3 is 0 Å². The van der Waals surface area contributed by atoms with E-state index in [1.54, 1.807) is 0 Å². The second-order valence-corrected chi connectivity index (χ2v) is 4.58. The summed E-state index contributed by atoms with van der Waals surface area (Å²) in [5.41, 5.74) is 8.56. The van der Waals surface area contributed by atoms with Crippen molar-refractivity contribution in [1.82, 2.24) is 0 Å². The number of fused-ring (bicyclic) bond motifs is 1. The van der Waals surface area contributed by atoms with E-state index in [4.69, 9.17) is 10.5 Å². The number of benzene rings is 1. The van der Waals surface area contributed by atoms with Crippen LogP contribution in [0.15, 0.2) is 18.2 Å².